The summed E-state index contributed by atoms with van der Waals surface area (Å²) in [6.45, 7) is 0.581. The number of hydrogen-bond acceptors (Lipinski definition) is 3. The lowest BCUT2D eigenvalue weighted by Gasteiger charge is -2.03. The number of aromatic nitrogens is 1. The van der Waals surface area contributed by atoms with Crippen LogP contribution in [0.1, 0.15) is 6.42 Å². The Morgan fingerprint density at radius 2 is 2.33 bits per heavy atom. The minimum Gasteiger partial charge on any atom is -0.326 e. The van der Waals surface area contributed by atoms with Crippen LogP contribution >= 0.6 is 15.9 Å². The summed E-state index contributed by atoms with van der Waals surface area (Å²) in [6, 6.07) is 1.57. The third-order valence-electron chi connectivity index (χ3n) is 1.74. The van der Waals surface area contributed by atoms with Gasteiger partial charge in [-0.25, -0.2) is 0 Å². The molecule has 0 aliphatic heterocycles. The molecule has 0 aromatic carbocycles. The van der Waals surface area contributed by atoms with Gasteiger partial charge in [0.2, 0.25) is 5.91 Å². The van der Waals surface area contributed by atoms with E-state index < -0.39 is 0 Å². The summed E-state index contributed by atoms with van der Waals surface area (Å²) in [4.78, 5) is 25.1. The normalized spacial score (nSPS) is 10.0. The molecule has 1 rings (SSSR count). The van der Waals surface area contributed by atoms with Crippen molar-refractivity contribution in [3.63, 3.8) is 0 Å². The number of aromatic amines is 1. The van der Waals surface area contributed by atoms with Crippen molar-refractivity contribution in [2.24, 2.45) is 0 Å². The molecule has 0 fully saturated rings. The van der Waals surface area contributed by atoms with Crippen molar-refractivity contribution in [3.05, 3.63) is 27.1 Å². The summed E-state index contributed by atoms with van der Waals surface area (Å²) in [5.74, 6) is -0.187. The Labute approximate surface area is 95.4 Å². The van der Waals surface area contributed by atoms with Crippen LogP contribution in [0.15, 0.2) is 21.5 Å². The van der Waals surface area contributed by atoms with E-state index in [9.17, 15) is 9.59 Å². The molecule has 1 aromatic heterocycles. The molecule has 82 valence electrons. The van der Waals surface area contributed by atoms with Gasteiger partial charge < -0.3 is 15.6 Å². The first-order valence-corrected chi connectivity index (χ1v) is 5.25. The fraction of sp³-hybridized carbons (Fsp3) is 0.333. The number of halogens is 1. The fourth-order valence-corrected chi connectivity index (χ4v) is 1.34. The zero-order valence-electron chi connectivity index (χ0n) is 8.26. The predicted molar refractivity (Wildman–Crippen MR) is 61.9 cm³/mol. The number of H-pyrrole nitrogens is 1. The van der Waals surface area contributed by atoms with Gasteiger partial charge in [0.15, 0.2) is 0 Å². The second-order valence-corrected chi connectivity index (χ2v) is 3.88. The monoisotopic (exact) mass is 273 g/mol. The first-order valence-electron chi connectivity index (χ1n) is 4.46. The molecule has 3 N–H and O–H groups in total. The van der Waals surface area contributed by atoms with Crippen molar-refractivity contribution in [1.29, 1.82) is 0 Å². The van der Waals surface area contributed by atoms with Gasteiger partial charge in [-0.2, -0.15) is 0 Å². The van der Waals surface area contributed by atoms with Crippen LogP contribution < -0.4 is 16.2 Å². The molecule has 0 radical (unpaired) electrons. The van der Waals surface area contributed by atoms with Crippen molar-refractivity contribution >= 4 is 27.5 Å². The van der Waals surface area contributed by atoms with E-state index in [1.165, 1.54) is 6.20 Å². The molecule has 6 heteroatoms. The van der Waals surface area contributed by atoms with Crippen molar-refractivity contribution < 1.29 is 4.79 Å². The number of hydrogen-bond donors (Lipinski definition) is 3. The molecule has 0 atom stereocenters. The molecule has 0 bridgehead atoms. The van der Waals surface area contributed by atoms with Gasteiger partial charge in [-0.1, -0.05) is 0 Å². The Hall–Kier alpha value is -1.14. The van der Waals surface area contributed by atoms with Crippen LogP contribution in [0.25, 0.3) is 0 Å². The average Bonchev–Trinajstić information content (AvgIpc) is 2.20. The van der Waals surface area contributed by atoms with Gasteiger partial charge in [0, 0.05) is 23.6 Å². The number of amides is 1. The summed E-state index contributed by atoms with van der Waals surface area (Å²) in [7, 11) is 1.76. The molecular weight excluding hydrogens is 262 g/mol. The Morgan fingerprint density at radius 1 is 1.60 bits per heavy atom. The number of pyridine rings is 1. The highest BCUT2D eigenvalue weighted by Crippen LogP contribution is 2.09. The zero-order valence-corrected chi connectivity index (χ0v) is 9.85. The van der Waals surface area contributed by atoms with Gasteiger partial charge in [0.25, 0.3) is 5.56 Å². The molecule has 5 nitrogen and oxygen atoms in total. The molecule has 0 aliphatic rings. The summed E-state index contributed by atoms with van der Waals surface area (Å²) >= 11 is 3.21. The van der Waals surface area contributed by atoms with Crippen LogP contribution in [0.5, 0.6) is 0 Å². The van der Waals surface area contributed by atoms with Crippen molar-refractivity contribution in [3.8, 4) is 0 Å². The zero-order chi connectivity index (χ0) is 11.3. The van der Waals surface area contributed by atoms with Gasteiger partial charge in [-0.05, 0) is 29.0 Å². The Bertz CT molecular complexity index is 403. The van der Waals surface area contributed by atoms with E-state index in [1.807, 2.05) is 0 Å². The van der Waals surface area contributed by atoms with Gasteiger partial charge in [-0.3, -0.25) is 9.59 Å². The third kappa shape index (κ3) is 3.85. The summed E-state index contributed by atoms with van der Waals surface area (Å²) in [5.41, 5.74) is -0.0542. The maximum atomic E-state index is 11.3. The second-order valence-electron chi connectivity index (χ2n) is 2.96. The minimum atomic E-state index is -0.309. The highest BCUT2D eigenvalue weighted by atomic mass is 79.9. The number of anilines is 1. The Morgan fingerprint density at radius 3 is 3.00 bits per heavy atom. The van der Waals surface area contributed by atoms with E-state index in [-0.39, 0.29) is 17.2 Å². The number of rotatable bonds is 4. The molecule has 1 aromatic rings. The average molecular weight is 274 g/mol. The van der Waals surface area contributed by atoms with Crippen LogP contribution in [0.3, 0.4) is 0 Å². The highest BCUT2D eigenvalue weighted by Gasteiger charge is 2.05. The summed E-state index contributed by atoms with van der Waals surface area (Å²) < 4.78 is 0.714. The van der Waals surface area contributed by atoms with E-state index in [1.54, 1.807) is 13.1 Å². The van der Waals surface area contributed by atoms with Crippen LogP contribution in [0, 0.1) is 0 Å². The molecule has 1 heterocycles. The maximum Gasteiger partial charge on any atom is 0.271 e. The van der Waals surface area contributed by atoms with Crippen molar-refractivity contribution in [1.82, 2.24) is 10.3 Å². The smallest absolute Gasteiger partial charge is 0.271 e. The van der Waals surface area contributed by atoms with Gasteiger partial charge in [0.05, 0.1) is 0 Å². The van der Waals surface area contributed by atoms with E-state index in [4.69, 9.17) is 0 Å². The summed E-state index contributed by atoms with van der Waals surface area (Å²) in [6.07, 6.45) is 1.86. The first-order chi connectivity index (χ1) is 7.13. The summed E-state index contributed by atoms with van der Waals surface area (Å²) in [5, 5.41) is 5.39. The number of carbonyl (C=O) groups excluding carboxylic acids is 1. The standard InChI is InChI=1S/C9H12BrN3O2/c1-11-3-2-8(14)13-7-4-6(10)5-12-9(7)15/h4-5,11H,2-3H2,1H3,(H,12,15)(H,13,14). The van der Waals surface area contributed by atoms with Gasteiger partial charge in [0.1, 0.15) is 5.69 Å². The van der Waals surface area contributed by atoms with Gasteiger partial charge in [-0.15, -0.1) is 0 Å². The number of carbonyl (C=O) groups is 1. The van der Waals surface area contributed by atoms with E-state index in [2.05, 4.69) is 31.5 Å². The van der Waals surface area contributed by atoms with E-state index in [0.29, 0.717) is 17.4 Å². The van der Waals surface area contributed by atoms with Crippen molar-refractivity contribution in [2.45, 2.75) is 6.42 Å². The predicted octanol–water partition coefficient (Wildman–Crippen LogP) is 0.685. The second kappa shape index (κ2) is 5.67. The van der Waals surface area contributed by atoms with E-state index in [0.717, 1.165) is 0 Å². The topological polar surface area (TPSA) is 74.0 Å². The fourth-order valence-electron chi connectivity index (χ4n) is 1.00. The molecule has 0 unspecified atom stereocenters. The van der Waals surface area contributed by atoms with E-state index >= 15 is 0 Å². The molecule has 0 spiro atoms. The lowest BCUT2D eigenvalue weighted by molar-refractivity contribution is -0.116. The van der Waals surface area contributed by atoms with Crippen LogP contribution in [0.2, 0.25) is 0 Å². The molecular formula is C9H12BrN3O2. The maximum absolute atomic E-state index is 11.3. The Kier molecular flexibility index (Phi) is 4.51. The minimum absolute atomic E-state index is 0.187. The lowest BCUT2D eigenvalue weighted by Crippen LogP contribution is -2.22. The highest BCUT2D eigenvalue weighted by molar-refractivity contribution is 9.10. The van der Waals surface area contributed by atoms with Gasteiger partial charge >= 0.3 is 0 Å². The quantitative estimate of drug-likeness (QED) is 0.756. The van der Waals surface area contributed by atoms with Crippen molar-refractivity contribution in [2.75, 3.05) is 18.9 Å². The third-order valence-corrected chi connectivity index (χ3v) is 2.20. The van der Waals surface area contributed by atoms with Crippen LogP contribution in [-0.2, 0) is 4.79 Å². The largest absolute Gasteiger partial charge is 0.326 e. The number of nitrogens with one attached hydrogen (secondary N) is 3. The van der Waals surface area contributed by atoms with Crippen LogP contribution in [-0.4, -0.2) is 24.5 Å². The lowest BCUT2D eigenvalue weighted by atomic mass is 10.3. The van der Waals surface area contributed by atoms with Crippen LogP contribution in [0.4, 0.5) is 5.69 Å². The Balaban J connectivity index is 2.68. The molecule has 0 aliphatic carbocycles. The molecule has 15 heavy (non-hydrogen) atoms. The molecule has 1 amide bonds. The first kappa shape index (κ1) is 11.9. The SMILES string of the molecule is CNCCC(=O)Nc1cc(Br)c[nH]c1=O. The molecule has 0 saturated heterocycles. The molecule has 0 saturated carbocycles.